The summed E-state index contributed by atoms with van der Waals surface area (Å²) in [5, 5.41) is 0. The third kappa shape index (κ3) is 1.83. The van der Waals surface area contributed by atoms with Crippen LogP contribution in [0.1, 0.15) is 11.4 Å². The van der Waals surface area contributed by atoms with Crippen molar-refractivity contribution in [3.05, 3.63) is 23.5 Å². The van der Waals surface area contributed by atoms with E-state index < -0.39 is 0 Å². The molecule has 0 radical (unpaired) electrons. The average Bonchev–Trinajstić information content (AvgIpc) is 2.07. The monoisotopic (exact) mass is 160 g/mol. The second-order valence-electron chi connectivity index (χ2n) is 2.26. The van der Waals surface area contributed by atoms with Crippen molar-refractivity contribution < 1.29 is 4.79 Å². The molecule has 3 heteroatoms. The topological polar surface area (TPSA) is 56.0 Å². The van der Waals surface area contributed by atoms with Gasteiger partial charge in [-0.05, 0) is 30.9 Å². The van der Waals surface area contributed by atoms with Crippen molar-refractivity contribution in [3.8, 4) is 11.8 Å². The molecule has 0 aromatic carbocycles. The van der Waals surface area contributed by atoms with Gasteiger partial charge in [-0.1, -0.05) is 0 Å². The van der Waals surface area contributed by atoms with Gasteiger partial charge in [-0.15, -0.1) is 0 Å². The number of aldehydes is 1. The Kier molecular flexibility index (Phi) is 2.44. The standard InChI is InChI=1S/C9H8N2O/c1-7-9(10)5-4-8(11-7)3-2-6-12/h4-6H,10H2,1H3. The van der Waals surface area contributed by atoms with E-state index in [2.05, 4.69) is 16.8 Å². The van der Waals surface area contributed by atoms with Gasteiger partial charge in [-0.25, -0.2) is 4.98 Å². The minimum atomic E-state index is 0.535. The van der Waals surface area contributed by atoms with Crippen molar-refractivity contribution in [1.29, 1.82) is 0 Å². The number of anilines is 1. The van der Waals surface area contributed by atoms with Crippen LogP contribution in [0.2, 0.25) is 0 Å². The molecule has 0 aliphatic rings. The van der Waals surface area contributed by atoms with Crippen LogP contribution in [0.5, 0.6) is 0 Å². The van der Waals surface area contributed by atoms with E-state index in [0.717, 1.165) is 5.69 Å². The molecule has 0 spiro atoms. The van der Waals surface area contributed by atoms with Gasteiger partial charge in [0.1, 0.15) is 5.69 Å². The predicted molar refractivity (Wildman–Crippen MR) is 46.3 cm³/mol. The molecule has 1 aromatic heterocycles. The molecule has 1 aromatic rings. The van der Waals surface area contributed by atoms with Crippen molar-refractivity contribution in [3.63, 3.8) is 0 Å². The highest BCUT2D eigenvalue weighted by Crippen LogP contribution is 2.06. The van der Waals surface area contributed by atoms with E-state index in [-0.39, 0.29) is 0 Å². The summed E-state index contributed by atoms with van der Waals surface area (Å²) in [5.41, 5.74) is 7.46. The molecule has 60 valence electrons. The van der Waals surface area contributed by atoms with Crippen LogP contribution in [0.25, 0.3) is 0 Å². The minimum Gasteiger partial charge on any atom is -0.397 e. The largest absolute Gasteiger partial charge is 0.397 e. The summed E-state index contributed by atoms with van der Waals surface area (Å²) in [5.74, 6) is 4.85. The third-order valence-corrected chi connectivity index (χ3v) is 1.39. The fraction of sp³-hybridized carbons (Fsp3) is 0.111. The van der Waals surface area contributed by atoms with Gasteiger partial charge >= 0.3 is 0 Å². The van der Waals surface area contributed by atoms with Gasteiger partial charge in [0, 0.05) is 0 Å². The number of carbonyl (C=O) groups excluding carboxylic acids is 1. The van der Waals surface area contributed by atoms with Crippen molar-refractivity contribution >= 4 is 12.0 Å². The fourth-order valence-corrected chi connectivity index (χ4v) is 0.745. The van der Waals surface area contributed by atoms with E-state index in [9.17, 15) is 4.79 Å². The van der Waals surface area contributed by atoms with Crippen molar-refractivity contribution in [1.82, 2.24) is 4.98 Å². The minimum absolute atomic E-state index is 0.535. The van der Waals surface area contributed by atoms with Gasteiger partial charge < -0.3 is 5.73 Å². The summed E-state index contributed by atoms with van der Waals surface area (Å²) < 4.78 is 0. The molecule has 0 bridgehead atoms. The Labute approximate surface area is 70.6 Å². The molecule has 12 heavy (non-hydrogen) atoms. The summed E-state index contributed by atoms with van der Waals surface area (Å²) in [6.45, 7) is 1.79. The fourth-order valence-electron chi connectivity index (χ4n) is 0.745. The number of hydrogen-bond acceptors (Lipinski definition) is 3. The smallest absolute Gasteiger partial charge is 0.193 e. The van der Waals surface area contributed by atoms with E-state index in [1.54, 1.807) is 19.1 Å². The Bertz CT molecular complexity index is 361. The van der Waals surface area contributed by atoms with Gasteiger partial charge in [0.25, 0.3) is 0 Å². The quantitative estimate of drug-likeness (QED) is 0.444. The van der Waals surface area contributed by atoms with Crippen molar-refractivity contribution in [2.75, 3.05) is 5.73 Å². The lowest BCUT2D eigenvalue weighted by Crippen LogP contribution is -1.94. The molecule has 0 atom stereocenters. The van der Waals surface area contributed by atoms with Crippen LogP contribution in [-0.2, 0) is 4.79 Å². The number of pyridine rings is 1. The molecule has 1 rings (SSSR count). The Hall–Kier alpha value is -1.82. The summed E-state index contributed by atoms with van der Waals surface area (Å²) >= 11 is 0. The number of nitrogens with zero attached hydrogens (tertiary/aromatic N) is 1. The van der Waals surface area contributed by atoms with Gasteiger partial charge in [0.15, 0.2) is 6.29 Å². The molecule has 0 saturated carbocycles. The first-order valence-corrected chi connectivity index (χ1v) is 3.42. The number of nitrogens with two attached hydrogens (primary N) is 1. The van der Waals surface area contributed by atoms with E-state index in [1.165, 1.54) is 0 Å². The zero-order valence-electron chi connectivity index (χ0n) is 6.66. The number of nitrogen functional groups attached to an aromatic ring is 1. The first-order valence-electron chi connectivity index (χ1n) is 3.42. The Morgan fingerprint density at radius 1 is 1.58 bits per heavy atom. The average molecular weight is 160 g/mol. The summed E-state index contributed by atoms with van der Waals surface area (Å²) in [6, 6.07) is 3.40. The highest BCUT2D eigenvalue weighted by atomic mass is 16.1. The Balaban J connectivity index is 3.04. The number of carbonyl (C=O) groups is 1. The van der Waals surface area contributed by atoms with Crippen LogP contribution in [0, 0.1) is 18.8 Å². The molecule has 2 N–H and O–H groups in total. The van der Waals surface area contributed by atoms with Crippen molar-refractivity contribution in [2.24, 2.45) is 0 Å². The van der Waals surface area contributed by atoms with Crippen LogP contribution in [-0.4, -0.2) is 11.3 Å². The van der Waals surface area contributed by atoms with E-state index in [0.29, 0.717) is 17.7 Å². The summed E-state index contributed by atoms with van der Waals surface area (Å²) in [6.07, 6.45) is 0.535. The third-order valence-electron chi connectivity index (χ3n) is 1.39. The molecule has 0 fully saturated rings. The van der Waals surface area contributed by atoms with Gasteiger partial charge in [-0.2, -0.15) is 0 Å². The second kappa shape index (κ2) is 3.54. The van der Waals surface area contributed by atoms with Crippen LogP contribution in [0.4, 0.5) is 5.69 Å². The maximum Gasteiger partial charge on any atom is 0.193 e. The summed E-state index contributed by atoms with van der Waals surface area (Å²) in [7, 11) is 0. The number of aryl methyl sites for hydroxylation is 1. The van der Waals surface area contributed by atoms with Gasteiger partial charge in [-0.3, -0.25) is 4.79 Å². The molecular formula is C9H8N2O. The van der Waals surface area contributed by atoms with E-state index in [4.69, 9.17) is 5.73 Å². The molecule has 0 aliphatic carbocycles. The lowest BCUT2D eigenvalue weighted by atomic mass is 10.3. The summed E-state index contributed by atoms with van der Waals surface area (Å²) in [4.78, 5) is 14.0. The maximum absolute atomic E-state index is 9.90. The zero-order chi connectivity index (χ0) is 8.97. The van der Waals surface area contributed by atoms with Crippen LogP contribution in [0.15, 0.2) is 12.1 Å². The van der Waals surface area contributed by atoms with Crippen LogP contribution < -0.4 is 5.73 Å². The first-order chi connectivity index (χ1) is 5.74. The molecule has 0 aliphatic heterocycles. The molecule has 3 nitrogen and oxygen atoms in total. The normalized spacial score (nSPS) is 8.42. The molecule has 0 unspecified atom stereocenters. The number of rotatable bonds is 0. The van der Waals surface area contributed by atoms with Crippen LogP contribution >= 0.6 is 0 Å². The maximum atomic E-state index is 9.90. The highest BCUT2D eigenvalue weighted by Gasteiger charge is 1.94. The molecule has 0 amide bonds. The van der Waals surface area contributed by atoms with Crippen molar-refractivity contribution in [2.45, 2.75) is 6.92 Å². The second-order valence-corrected chi connectivity index (χ2v) is 2.26. The predicted octanol–water partition coefficient (Wildman–Crippen LogP) is 0.523. The lowest BCUT2D eigenvalue weighted by Gasteiger charge is -1.97. The lowest BCUT2D eigenvalue weighted by molar-refractivity contribution is -0.103. The molecule has 1 heterocycles. The van der Waals surface area contributed by atoms with Crippen LogP contribution in [0.3, 0.4) is 0 Å². The first kappa shape index (κ1) is 8.28. The van der Waals surface area contributed by atoms with E-state index in [1.807, 2.05) is 0 Å². The van der Waals surface area contributed by atoms with E-state index >= 15 is 0 Å². The highest BCUT2D eigenvalue weighted by molar-refractivity contribution is 5.73. The number of aromatic nitrogens is 1. The Morgan fingerprint density at radius 3 is 2.92 bits per heavy atom. The molecular weight excluding hydrogens is 152 g/mol. The van der Waals surface area contributed by atoms with Gasteiger partial charge in [0.2, 0.25) is 0 Å². The van der Waals surface area contributed by atoms with Gasteiger partial charge in [0.05, 0.1) is 11.4 Å². The SMILES string of the molecule is Cc1nc(C#CC=O)ccc1N. The zero-order valence-corrected chi connectivity index (χ0v) is 6.66. The Morgan fingerprint density at radius 2 is 2.33 bits per heavy atom. The molecule has 0 saturated heterocycles. The number of hydrogen-bond donors (Lipinski definition) is 1.